The number of esters is 1. The van der Waals surface area contributed by atoms with Gasteiger partial charge < -0.3 is 19.4 Å². The first kappa shape index (κ1) is 52.7. The van der Waals surface area contributed by atoms with Crippen LogP contribution in [0.25, 0.3) is 0 Å². The molecule has 0 spiro atoms. The fourth-order valence-corrected chi connectivity index (χ4v) is 14.2. The van der Waals surface area contributed by atoms with Crippen LogP contribution >= 0.6 is 46.4 Å². The van der Waals surface area contributed by atoms with E-state index in [2.05, 4.69) is 41.9 Å². The van der Waals surface area contributed by atoms with Crippen molar-refractivity contribution in [2.75, 3.05) is 12.0 Å². The third-order valence-electron chi connectivity index (χ3n) is 14.6. The van der Waals surface area contributed by atoms with Crippen LogP contribution in [0.2, 0.25) is 20.1 Å². The van der Waals surface area contributed by atoms with Crippen molar-refractivity contribution in [3.63, 3.8) is 0 Å². The summed E-state index contributed by atoms with van der Waals surface area (Å²) >= 11 is 24.0. The molecule has 20 heteroatoms. The number of primary sulfonamides is 1. The van der Waals surface area contributed by atoms with Crippen LogP contribution in [0.1, 0.15) is 90.4 Å². The molecule has 1 aliphatic heterocycles. The molecule has 4 aliphatic carbocycles. The molecule has 3 aromatic carbocycles. The maximum absolute atomic E-state index is 12.8. The summed E-state index contributed by atoms with van der Waals surface area (Å²) in [5.41, 5.74) is 3.32. The van der Waals surface area contributed by atoms with E-state index in [1.54, 1.807) is 25.5 Å². The molecule has 7 atom stereocenters. The highest BCUT2D eigenvalue weighted by Crippen LogP contribution is 2.68. The van der Waals surface area contributed by atoms with Gasteiger partial charge in [-0.1, -0.05) is 90.1 Å². The van der Waals surface area contributed by atoms with Crippen molar-refractivity contribution in [2.24, 2.45) is 33.7 Å². The zero-order valence-electron chi connectivity index (χ0n) is 38.7. The Labute approximate surface area is 423 Å². The molecule has 9 rings (SSSR count). The summed E-state index contributed by atoms with van der Waals surface area (Å²) in [5, 5.41) is 9.42. The predicted octanol–water partition coefficient (Wildman–Crippen LogP) is 10.0. The van der Waals surface area contributed by atoms with E-state index in [1.807, 2.05) is 53.2 Å². The van der Waals surface area contributed by atoms with E-state index in [0.29, 0.717) is 58.8 Å². The average Bonchev–Trinajstić information content (AvgIpc) is 3.89. The van der Waals surface area contributed by atoms with Gasteiger partial charge in [-0.25, -0.2) is 27.0 Å². The second-order valence-corrected chi connectivity index (χ2v) is 23.7. The smallest absolute Gasteiger partial charge is 0.303 e. The van der Waals surface area contributed by atoms with Crippen LogP contribution in [0.3, 0.4) is 0 Å². The first-order valence-corrected chi connectivity index (χ1v) is 26.9. The Morgan fingerprint density at radius 2 is 1.65 bits per heavy atom. The summed E-state index contributed by atoms with van der Waals surface area (Å²) in [5.74, 6) is 1.03. The zero-order valence-corrected chi connectivity index (χ0v) is 43.4. The number of carbonyl (C=O) groups excluding carboxylic acids is 3. The summed E-state index contributed by atoms with van der Waals surface area (Å²) in [7, 11) is -7.80. The zero-order chi connectivity index (χ0) is 50.3. The number of allylic oxidation sites excluding steroid dienone is 4. The van der Waals surface area contributed by atoms with Crippen molar-refractivity contribution >= 4 is 89.7 Å². The number of sulfonamides is 2. The van der Waals surface area contributed by atoms with Crippen LogP contribution in [-0.2, 0) is 57.1 Å². The van der Waals surface area contributed by atoms with Crippen LogP contribution in [0.4, 0.5) is 5.69 Å². The molecule has 2 heterocycles. The Kier molecular flexibility index (Phi) is 15.7. The van der Waals surface area contributed by atoms with Crippen molar-refractivity contribution in [3.8, 4) is 0 Å². The van der Waals surface area contributed by atoms with Crippen molar-refractivity contribution in [2.45, 2.75) is 108 Å². The summed E-state index contributed by atoms with van der Waals surface area (Å²) in [6, 6.07) is 15.2. The van der Waals surface area contributed by atoms with Gasteiger partial charge in [0.2, 0.25) is 20.0 Å². The number of anilines is 1. The molecular formula is C49H55Cl4N5O9S2. The van der Waals surface area contributed by atoms with E-state index in [0.717, 1.165) is 42.9 Å². The van der Waals surface area contributed by atoms with Crippen LogP contribution in [0, 0.1) is 28.6 Å². The number of nitrogens with zero attached hydrogens (tertiary/aromatic N) is 2. The number of nitrogens with one attached hydrogen (secondary N) is 2. The fraction of sp³-hybridized carbons (Fsp3) is 0.429. The number of Topliss-reactive ketones (excluding diaryl/α,β-unsaturated/α-hetero) is 1. The molecule has 4 N–H and O–H groups in total. The number of ketones is 2. The molecule has 1 aromatic heterocycles. The lowest BCUT2D eigenvalue weighted by atomic mass is 9.47. The fourth-order valence-electron chi connectivity index (χ4n) is 11.3. The van der Waals surface area contributed by atoms with Gasteiger partial charge in [0.1, 0.15) is 15.9 Å². The number of nitrogens with two attached hydrogens (primary N) is 1. The number of ether oxygens (including phenoxy) is 2. The molecular weight excluding hydrogens is 1010 g/mol. The van der Waals surface area contributed by atoms with Crippen LogP contribution in [-0.4, -0.2) is 56.2 Å². The van der Waals surface area contributed by atoms with Crippen molar-refractivity contribution < 1.29 is 40.7 Å². The van der Waals surface area contributed by atoms with Crippen molar-refractivity contribution in [1.82, 2.24) is 14.3 Å². The average molecular weight is 1060 g/mol. The molecule has 5 aliphatic rings. The SMILES string of the molecule is CC(=O)O[C@]1(C(C)=O)CC[C@H]2[C@@H]3C=C(C)C4=CC(=O)CC[C@]4(C)[C@H]3CC[C@@]21C.Clc1ccc(COC(Cn2ccnc2)c2ccc(Cl)cc2Cl)cc1.NS(=O)(=O)c1cc2c(cc1Cl)NCNS2(=O)=O. The number of halogens is 4. The standard InChI is InChI=1S/C24H32O4.C18H15Cl3N2O.C7H8ClN3O4S2/c1-14-12-18-19(22(4)9-6-17(27)13-21(14)22)7-10-23(5)20(18)8-11-24(23,15(2)25)28-16(3)26;19-14-3-1-13(2-4-14)11-24-18(10-23-8-7-22-12-23)16-6-5-15(20)9-17(16)21;8-4-1-5-7(2-6(4)16(9,12)13)17(14,15)11-3-10-5/h12-13,18-20H,6-11H2,1-5H3;1-9,12,18H,10-11H2;1-2,10-11H,3H2,(H2,9,12,13)/t18-,19+,20+,22-,23+,24+;;/m1../s1. The van der Waals surface area contributed by atoms with Gasteiger partial charge in [0.15, 0.2) is 17.2 Å². The van der Waals surface area contributed by atoms with E-state index in [9.17, 15) is 31.2 Å². The van der Waals surface area contributed by atoms with Gasteiger partial charge in [-0.05, 0) is 123 Å². The van der Waals surface area contributed by atoms with Crippen LogP contribution in [0.15, 0.2) is 106 Å². The quantitative estimate of drug-likeness (QED) is 0.135. The van der Waals surface area contributed by atoms with E-state index in [-0.39, 0.29) is 56.7 Å². The molecule has 0 amide bonds. The van der Waals surface area contributed by atoms with Crippen LogP contribution < -0.4 is 15.2 Å². The molecule has 0 radical (unpaired) electrons. The summed E-state index contributed by atoms with van der Waals surface area (Å²) in [6.45, 7) is 10.7. The van der Waals surface area contributed by atoms with Crippen LogP contribution in [0.5, 0.6) is 0 Å². The number of hydrogen-bond donors (Lipinski definition) is 3. The van der Waals surface area contributed by atoms with E-state index in [1.165, 1.54) is 24.1 Å². The Bertz CT molecular complexity index is 2930. The first-order chi connectivity index (χ1) is 32.4. The van der Waals surface area contributed by atoms with Gasteiger partial charge in [-0.15, -0.1) is 0 Å². The Hall–Kier alpha value is -4.10. The Balaban J connectivity index is 0.000000158. The second-order valence-electron chi connectivity index (χ2n) is 18.7. The lowest BCUT2D eigenvalue weighted by Gasteiger charge is -2.58. The highest BCUT2D eigenvalue weighted by Gasteiger charge is 2.67. The molecule has 370 valence electrons. The summed E-state index contributed by atoms with van der Waals surface area (Å²) in [6.07, 6.45) is 14.4. The highest BCUT2D eigenvalue weighted by molar-refractivity contribution is 7.90. The number of hydrogen-bond acceptors (Lipinski definition) is 11. The lowest BCUT2D eigenvalue weighted by Crippen LogP contribution is -2.58. The Morgan fingerprint density at radius 3 is 2.29 bits per heavy atom. The highest BCUT2D eigenvalue weighted by atomic mass is 35.5. The molecule has 0 saturated heterocycles. The number of fused-ring (bicyclic) bond motifs is 6. The number of benzene rings is 3. The maximum atomic E-state index is 12.8. The third kappa shape index (κ3) is 10.9. The largest absolute Gasteiger partial charge is 0.451 e. The monoisotopic (exact) mass is 1060 g/mol. The minimum Gasteiger partial charge on any atom is -0.451 e. The molecule has 14 nitrogen and oxygen atoms in total. The van der Waals surface area contributed by atoms with Crippen molar-refractivity contribution in [3.05, 3.63) is 128 Å². The van der Waals surface area contributed by atoms with Gasteiger partial charge in [0.05, 0.1) is 36.9 Å². The van der Waals surface area contributed by atoms with Crippen molar-refractivity contribution in [1.29, 1.82) is 0 Å². The maximum Gasteiger partial charge on any atom is 0.303 e. The van der Waals surface area contributed by atoms with E-state index < -0.39 is 30.5 Å². The minimum atomic E-state index is -4.07. The minimum absolute atomic E-state index is 0.0143. The summed E-state index contributed by atoms with van der Waals surface area (Å²) < 4.78 is 61.8. The lowest BCUT2D eigenvalue weighted by molar-refractivity contribution is -0.185. The Morgan fingerprint density at radius 1 is 0.957 bits per heavy atom. The number of aromatic nitrogens is 2. The number of rotatable bonds is 9. The molecule has 69 heavy (non-hydrogen) atoms. The summed E-state index contributed by atoms with van der Waals surface area (Å²) in [4.78, 5) is 40.2. The topological polar surface area (TPSA) is 206 Å². The predicted molar refractivity (Wildman–Crippen MR) is 266 cm³/mol. The molecule has 2 fully saturated rings. The number of carbonyl (C=O) groups is 3. The van der Waals surface area contributed by atoms with E-state index >= 15 is 0 Å². The van der Waals surface area contributed by atoms with E-state index in [4.69, 9.17) is 61.0 Å². The van der Waals surface area contributed by atoms with Gasteiger partial charge in [0, 0.05) is 51.8 Å². The number of imidazole rings is 1. The third-order valence-corrected chi connectivity index (χ3v) is 18.2. The first-order valence-electron chi connectivity index (χ1n) is 22.4. The molecule has 2 saturated carbocycles. The van der Waals surface area contributed by atoms with Gasteiger partial charge in [-0.3, -0.25) is 14.4 Å². The van der Waals surface area contributed by atoms with Gasteiger partial charge >= 0.3 is 5.97 Å². The normalized spacial score (nSPS) is 26.9. The molecule has 1 unspecified atom stereocenters. The second kappa shape index (κ2) is 20.6. The molecule has 4 aromatic rings. The molecule has 0 bridgehead atoms. The van der Waals surface area contributed by atoms with Gasteiger partial charge in [-0.2, -0.15) is 4.72 Å². The van der Waals surface area contributed by atoms with Gasteiger partial charge in [0.25, 0.3) is 0 Å².